The van der Waals surface area contributed by atoms with Crippen LogP contribution in [0.4, 0.5) is 13.2 Å². The highest BCUT2D eigenvalue weighted by atomic mass is 127. The van der Waals surface area contributed by atoms with E-state index in [4.69, 9.17) is 0 Å². The van der Waals surface area contributed by atoms with E-state index < -0.39 is 18.3 Å². The van der Waals surface area contributed by atoms with Gasteiger partial charge in [-0.25, -0.2) is 4.98 Å². The van der Waals surface area contributed by atoms with Crippen molar-refractivity contribution in [3.05, 3.63) is 38.5 Å². The van der Waals surface area contributed by atoms with Crippen LogP contribution in [-0.4, -0.2) is 15.7 Å². The average molecular weight is 354 g/mol. The molecule has 1 heterocycles. The third-order valence-electron chi connectivity index (χ3n) is 2.14. The van der Waals surface area contributed by atoms with Crippen molar-refractivity contribution in [2.45, 2.75) is 12.7 Å². The fourth-order valence-corrected chi connectivity index (χ4v) is 1.93. The summed E-state index contributed by atoms with van der Waals surface area (Å²) in [5.74, 6) is 0. The summed E-state index contributed by atoms with van der Waals surface area (Å²) in [4.78, 5) is 15.6. The van der Waals surface area contributed by atoms with Crippen molar-refractivity contribution in [1.82, 2.24) is 9.55 Å². The molecular weight excluding hydrogens is 348 g/mol. The van der Waals surface area contributed by atoms with Crippen molar-refractivity contribution in [3.63, 3.8) is 0 Å². The Morgan fingerprint density at radius 3 is 2.71 bits per heavy atom. The third-order valence-corrected chi connectivity index (χ3v) is 2.81. The zero-order valence-electron chi connectivity index (χ0n) is 8.33. The van der Waals surface area contributed by atoms with Gasteiger partial charge in [-0.05, 0) is 40.8 Å². The van der Waals surface area contributed by atoms with Gasteiger partial charge in [0.2, 0.25) is 0 Å². The van der Waals surface area contributed by atoms with Crippen molar-refractivity contribution in [2.24, 2.45) is 0 Å². The number of nitrogens with zero attached hydrogens (tertiary/aromatic N) is 2. The molecule has 1 aromatic carbocycles. The number of alkyl halides is 3. The molecule has 17 heavy (non-hydrogen) atoms. The Morgan fingerprint density at radius 2 is 2.06 bits per heavy atom. The molecule has 0 N–H and O–H groups in total. The molecule has 2 aromatic rings. The van der Waals surface area contributed by atoms with Gasteiger partial charge < -0.3 is 0 Å². The monoisotopic (exact) mass is 354 g/mol. The van der Waals surface area contributed by atoms with Crippen molar-refractivity contribution >= 4 is 33.5 Å². The number of hydrogen-bond acceptors (Lipinski definition) is 2. The number of rotatable bonds is 1. The Bertz CT molecular complexity index is 621. The zero-order valence-corrected chi connectivity index (χ0v) is 10.5. The SMILES string of the molecule is O=c1c2cc(I)ccc2ncn1CC(F)(F)F. The van der Waals surface area contributed by atoms with Crippen LogP contribution in [-0.2, 0) is 6.54 Å². The van der Waals surface area contributed by atoms with Gasteiger partial charge in [-0.2, -0.15) is 13.2 Å². The summed E-state index contributed by atoms with van der Waals surface area (Å²) in [7, 11) is 0. The first-order valence-corrected chi connectivity index (χ1v) is 5.66. The van der Waals surface area contributed by atoms with Crippen molar-refractivity contribution in [2.75, 3.05) is 0 Å². The van der Waals surface area contributed by atoms with E-state index in [1.807, 2.05) is 22.6 Å². The summed E-state index contributed by atoms with van der Waals surface area (Å²) in [5.41, 5.74) is -0.278. The van der Waals surface area contributed by atoms with Crippen LogP contribution in [0, 0.1) is 3.57 Å². The fraction of sp³-hybridized carbons (Fsp3) is 0.200. The van der Waals surface area contributed by atoms with Crippen LogP contribution in [0.5, 0.6) is 0 Å². The summed E-state index contributed by atoms with van der Waals surface area (Å²) < 4.78 is 38.0. The molecule has 0 aliphatic heterocycles. The van der Waals surface area contributed by atoms with Crippen LogP contribution in [0.3, 0.4) is 0 Å². The molecule has 0 spiro atoms. The Balaban J connectivity index is 2.61. The molecule has 0 radical (unpaired) electrons. The van der Waals surface area contributed by atoms with Crippen LogP contribution < -0.4 is 5.56 Å². The second-order valence-electron chi connectivity index (χ2n) is 3.45. The van der Waals surface area contributed by atoms with Crippen molar-refractivity contribution in [3.8, 4) is 0 Å². The van der Waals surface area contributed by atoms with E-state index in [0.717, 1.165) is 9.90 Å². The predicted molar refractivity (Wildman–Crippen MR) is 64.8 cm³/mol. The maximum atomic E-state index is 12.2. The topological polar surface area (TPSA) is 34.9 Å². The summed E-state index contributed by atoms with van der Waals surface area (Å²) in [6.45, 7) is -1.32. The van der Waals surface area contributed by atoms with Gasteiger partial charge in [0, 0.05) is 3.57 Å². The number of fused-ring (bicyclic) bond motifs is 1. The summed E-state index contributed by atoms with van der Waals surface area (Å²) in [5, 5.41) is 0.198. The van der Waals surface area contributed by atoms with Crippen molar-refractivity contribution < 1.29 is 13.2 Å². The largest absolute Gasteiger partial charge is 0.406 e. The molecule has 0 saturated carbocycles. The first kappa shape index (κ1) is 12.3. The molecule has 0 atom stereocenters. The minimum atomic E-state index is -4.43. The van der Waals surface area contributed by atoms with Crippen LogP contribution in [0.15, 0.2) is 29.3 Å². The van der Waals surface area contributed by atoms with E-state index in [1.165, 1.54) is 6.07 Å². The second kappa shape index (κ2) is 4.28. The molecule has 90 valence electrons. The standard InChI is InChI=1S/C10H6F3IN2O/c11-10(12,13)4-16-5-15-8-2-1-6(14)3-7(8)9(16)17/h1-3,5H,4H2. The van der Waals surface area contributed by atoms with Gasteiger partial charge >= 0.3 is 6.18 Å². The van der Waals surface area contributed by atoms with Crippen LogP contribution in [0.2, 0.25) is 0 Å². The number of aromatic nitrogens is 2. The fourth-order valence-electron chi connectivity index (χ4n) is 1.44. The zero-order chi connectivity index (χ0) is 12.6. The van der Waals surface area contributed by atoms with Crippen molar-refractivity contribution in [1.29, 1.82) is 0 Å². The lowest BCUT2D eigenvalue weighted by Gasteiger charge is -2.09. The third kappa shape index (κ3) is 2.76. The molecule has 0 aliphatic rings. The average Bonchev–Trinajstić information content (AvgIpc) is 2.21. The van der Waals surface area contributed by atoms with Crippen LogP contribution in [0.25, 0.3) is 10.9 Å². The lowest BCUT2D eigenvalue weighted by Crippen LogP contribution is -2.28. The summed E-state index contributed by atoms with van der Waals surface area (Å²) in [6.07, 6.45) is -3.51. The van der Waals surface area contributed by atoms with Gasteiger partial charge in [0.15, 0.2) is 0 Å². The number of benzene rings is 1. The summed E-state index contributed by atoms with van der Waals surface area (Å²) in [6, 6.07) is 4.87. The molecule has 0 aliphatic carbocycles. The summed E-state index contributed by atoms with van der Waals surface area (Å²) >= 11 is 1.99. The van der Waals surface area contributed by atoms with Gasteiger partial charge in [-0.15, -0.1) is 0 Å². The lowest BCUT2D eigenvalue weighted by atomic mass is 10.2. The maximum absolute atomic E-state index is 12.2. The molecule has 0 amide bonds. The molecule has 0 fully saturated rings. The molecule has 0 bridgehead atoms. The van der Waals surface area contributed by atoms with Crippen LogP contribution >= 0.6 is 22.6 Å². The second-order valence-corrected chi connectivity index (χ2v) is 4.70. The Morgan fingerprint density at radius 1 is 1.35 bits per heavy atom. The van der Waals surface area contributed by atoms with E-state index in [0.29, 0.717) is 10.1 Å². The highest BCUT2D eigenvalue weighted by Gasteiger charge is 2.28. The molecule has 0 saturated heterocycles. The first-order chi connectivity index (χ1) is 7.87. The minimum Gasteiger partial charge on any atom is -0.290 e. The number of halogens is 4. The smallest absolute Gasteiger partial charge is 0.290 e. The Labute approximate surface area is 107 Å². The molecule has 2 rings (SSSR count). The van der Waals surface area contributed by atoms with Crippen LogP contribution in [0.1, 0.15) is 0 Å². The van der Waals surface area contributed by atoms with E-state index in [-0.39, 0.29) is 5.39 Å². The van der Waals surface area contributed by atoms with Gasteiger partial charge in [-0.3, -0.25) is 9.36 Å². The van der Waals surface area contributed by atoms with Gasteiger partial charge in [0.1, 0.15) is 6.54 Å². The minimum absolute atomic E-state index is 0.198. The number of hydrogen-bond donors (Lipinski definition) is 0. The Hall–Kier alpha value is -1.12. The lowest BCUT2D eigenvalue weighted by molar-refractivity contribution is -0.141. The van der Waals surface area contributed by atoms with Gasteiger partial charge in [0.05, 0.1) is 17.2 Å². The normalized spacial score (nSPS) is 12.0. The van der Waals surface area contributed by atoms with E-state index in [9.17, 15) is 18.0 Å². The van der Waals surface area contributed by atoms with Gasteiger partial charge in [0.25, 0.3) is 5.56 Å². The van der Waals surface area contributed by atoms with E-state index >= 15 is 0 Å². The predicted octanol–water partition coefficient (Wildman–Crippen LogP) is 2.56. The molecule has 0 unspecified atom stereocenters. The molecular formula is C10H6F3IN2O. The Kier molecular flexibility index (Phi) is 3.11. The molecule has 1 aromatic heterocycles. The van der Waals surface area contributed by atoms with E-state index in [1.54, 1.807) is 12.1 Å². The molecule has 7 heteroatoms. The highest BCUT2D eigenvalue weighted by Crippen LogP contribution is 2.17. The molecule has 3 nitrogen and oxygen atoms in total. The van der Waals surface area contributed by atoms with Gasteiger partial charge in [-0.1, -0.05) is 0 Å². The van der Waals surface area contributed by atoms with E-state index in [2.05, 4.69) is 4.98 Å². The quantitative estimate of drug-likeness (QED) is 0.738. The first-order valence-electron chi connectivity index (χ1n) is 4.58. The highest BCUT2D eigenvalue weighted by molar-refractivity contribution is 14.1. The maximum Gasteiger partial charge on any atom is 0.406 e.